The summed E-state index contributed by atoms with van der Waals surface area (Å²) in [5.41, 5.74) is -0.369. The number of aromatic nitrogens is 2. The summed E-state index contributed by atoms with van der Waals surface area (Å²) in [6, 6.07) is 1.74. The lowest BCUT2D eigenvalue weighted by molar-refractivity contribution is 0.930. The lowest BCUT2D eigenvalue weighted by Gasteiger charge is -1.95. The molecule has 0 spiro atoms. The second kappa shape index (κ2) is 4.48. The van der Waals surface area contributed by atoms with Crippen LogP contribution in [-0.2, 0) is 0 Å². The van der Waals surface area contributed by atoms with E-state index in [-0.39, 0.29) is 5.56 Å². The van der Waals surface area contributed by atoms with E-state index >= 15 is 0 Å². The highest BCUT2D eigenvalue weighted by Crippen LogP contribution is 2.09. The van der Waals surface area contributed by atoms with Gasteiger partial charge >= 0.3 is 0 Å². The summed E-state index contributed by atoms with van der Waals surface area (Å²) < 4.78 is 0. The second-order valence-electron chi connectivity index (χ2n) is 2.14. The lowest BCUT2D eigenvalue weighted by atomic mass is 10.4. The van der Waals surface area contributed by atoms with Gasteiger partial charge in [0.1, 0.15) is 11.6 Å². The highest BCUT2D eigenvalue weighted by molar-refractivity contribution is 7.99. The number of nitrogens with one attached hydrogen (secondary N) is 1. The van der Waals surface area contributed by atoms with Crippen LogP contribution in [0, 0.1) is 11.3 Å². The molecule has 4 nitrogen and oxygen atoms in total. The minimum Gasteiger partial charge on any atom is -0.300 e. The number of thioether (sulfide) groups is 1. The summed E-state index contributed by atoms with van der Waals surface area (Å²) in [5.74, 6) is 0.675. The van der Waals surface area contributed by atoms with Crippen molar-refractivity contribution in [3.8, 4) is 6.07 Å². The Morgan fingerprint density at radius 2 is 2.62 bits per heavy atom. The van der Waals surface area contributed by atoms with Crippen LogP contribution in [0.3, 0.4) is 0 Å². The fourth-order valence-corrected chi connectivity index (χ4v) is 1.24. The van der Waals surface area contributed by atoms with Gasteiger partial charge < -0.3 is 4.98 Å². The van der Waals surface area contributed by atoms with Gasteiger partial charge in [-0.05, 0) is 0 Å². The van der Waals surface area contributed by atoms with Crippen molar-refractivity contribution in [2.75, 3.05) is 5.75 Å². The fraction of sp³-hybridized carbons (Fsp3) is 0.125. The van der Waals surface area contributed by atoms with E-state index in [0.29, 0.717) is 10.9 Å². The summed E-state index contributed by atoms with van der Waals surface area (Å²) in [6.45, 7) is 3.54. The van der Waals surface area contributed by atoms with Gasteiger partial charge in [-0.1, -0.05) is 17.8 Å². The average Bonchev–Trinajstić information content (AvgIpc) is 2.15. The maximum atomic E-state index is 11.1. The van der Waals surface area contributed by atoms with Crippen molar-refractivity contribution < 1.29 is 0 Å². The lowest BCUT2D eigenvalue weighted by Crippen LogP contribution is -2.11. The monoisotopic (exact) mass is 193 g/mol. The molecule has 0 atom stereocenters. The SMILES string of the molecule is C=CCSc1ncc(C#N)c(=O)[nH]1. The van der Waals surface area contributed by atoms with Crippen LogP contribution in [-0.4, -0.2) is 15.7 Å². The molecule has 1 rings (SSSR count). The van der Waals surface area contributed by atoms with Crippen LogP contribution in [0.15, 0.2) is 28.8 Å². The van der Waals surface area contributed by atoms with Crippen molar-refractivity contribution in [1.82, 2.24) is 9.97 Å². The Kier molecular flexibility index (Phi) is 3.29. The third-order valence-electron chi connectivity index (χ3n) is 1.23. The van der Waals surface area contributed by atoms with Gasteiger partial charge in [0.05, 0.1) is 6.20 Å². The molecule has 0 aliphatic heterocycles. The number of hydrogen-bond acceptors (Lipinski definition) is 4. The predicted molar refractivity (Wildman–Crippen MR) is 50.5 cm³/mol. The molecule has 1 heterocycles. The zero-order chi connectivity index (χ0) is 9.68. The van der Waals surface area contributed by atoms with E-state index < -0.39 is 5.56 Å². The second-order valence-corrected chi connectivity index (χ2v) is 3.15. The summed E-state index contributed by atoms with van der Waals surface area (Å²) in [4.78, 5) is 17.4. The first kappa shape index (κ1) is 9.55. The van der Waals surface area contributed by atoms with Crippen LogP contribution in [0.5, 0.6) is 0 Å². The minimum atomic E-state index is -0.399. The van der Waals surface area contributed by atoms with Gasteiger partial charge in [0.15, 0.2) is 5.16 Å². The van der Waals surface area contributed by atoms with Crippen molar-refractivity contribution in [2.45, 2.75) is 5.16 Å². The first-order valence-electron chi connectivity index (χ1n) is 3.51. The molecule has 0 aliphatic carbocycles. The normalized spacial score (nSPS) is 9.15. The van der Waals surface area contributed by atoms with Gasteiger partial charge in [0.25, 0.3) is 5.56 Å². The maximum absolute atomic E-state index is 11.1. The molecule has 1 N–H and O–H groups in total. The Labute approximate surface area is 79.3 Å². The zero-order valence-corrected chi connectivity index (χ0v) is 7.60. The number of aromatic amines is 1. The van der Waals surface area contributed by atoms with E-state index in [1.165, 1.54) is 18.0 Å². The molecule has 0 saturated heterocycles. The van der Waals surface area contributed by atoms with Gasteiger partial charge in [-0.25, -0.2) is 4.98 Å². The molecular weight excluding hydrogens is 186 g/mol. The van der Waals surface area contributed by atoms with E-state index in [0.717, 1.165) is 0 Å². The summed E-state index contributed by atoms with van der Waals surface area (Å²) >= 11 is 1.36. The number of nitrogens with zero attached hydrogens (tertiary/aromatic N) is 2. The van der Waals surface area contributed by atoms with Gasteiger partial charge in [0, 0.05) is 5.75 Å². The quantitative estimate of drug-likeness (QED) is 0.440. The van der Waals surface area contributed by atoms with Crippen LogP contribution in [0.25, 0.3) is 0 Å². The van der Waals surface area contributed by atoms with Crippen LogP contribution < -0.4 is 5.56 Å². The first-order valence-corrected chi connectivity index (χ1v) is 4.49. The molecule has 13 heavy (non-hydrogen) atoms. The molecule has 0 fully saturated rings. The molecule has 1 aromatic heterocycles. The average molecular weight is 193 g/mol. The molecule has 0 radical (unpaired) electrons. The van der Waals surface area contributed by atoms with E-state index in [1.807, 2.05) is 0 Å². The molecular formula is C8H7N3OS. The highest BCUT2D eigenvalue weighted by atomic mass is 32.2. The largest absolute Gasteiger partial charge is 0.300 e. The van der Waals surface area contributed by atoms with E-state index in [2.05, 4.69) is 16.5 Å². The first-order chi connectivity index (χ1) is 6.27. The molecule has 0 saturated carbocycles. The van der Waals surface area contributed by atoms with Crippen molar-refractivity contribution in [3.05, 3.63) is 34.8 Å². The van der Waals surface area contributed by atoms with Crippen molar-refractivity contribution in [3.63, 3.8) is 0 Å². The highest BCUT2D eigenvalue weighted by Gasteiger charge is 2.00. The molecule has 0 unspecified atom stereocenters. The molecule has 0 aromatic carbocycles. The minimum absolute atomic E-state index is 0.0305. The Morgan fingerprint density at radius 3 is 3.15 bits per heavy atom. The Hall–Kier alpha value is -1.54. The number of hydrogen-bond donors (Lipinski definition) is 1. The molecule has 66 valence electrons. The van der Waals surface area contributed by atoms with Crippen LogP contribution >= 0.6 is 11.8 Å². The van der Waals surface area contributed by atoms with Gasteiger partial charge in [-0.15, -0.1) is 6.58 Å². The van der Waals surface area contributed by atoms with Crippen molar-refractivity contribution >= 4 is 11.8 Å². The predicted octanol–water partition coefficient (Wildman–Crippen LogP) is 0.920. The number of H-pyrrole nitrogens is 1. The fourth-order valence-electron chi connectivity index (χ4n) is 0.669. The van der Waals surface area contributed by atoms with Crippen molar-refractivity contribution in [1.29, 1.82) is 5.26 Å². The standard InChI is InChI=1S/C8H7N3OS/c1-2-3-13-8-10-5-6(4-9)7(12)11-8/h2,5H,1,3H2,(H,10,11,12). The Bertz CT molecular complexity index is 405. The number of rotatable bonds is 3. The smallest absolute Gasteiger partial charge is 0.269 e. The Morgan fingerprint density at radius 1 is 1.85 bits per heavy atom. The molecule has 1 aromatic rings. The van der Waals surface area contributed by atoms with E-state index in [1.54, 1.807) is 12.1 Å². The summed E-state index contributed by atoms with van der Waals surface area (Å²) in [6.07, 6.45) is 2.98. The third-order valence-corrected chi connectivity index (χ3v) is 2.12. The van der Waals surface area contributed by atoms with Crippen molar-refractivity contribution in [2.24, 2.45) is 0 Å². The molecule has 0 bridgehead atoms. The van der Waals surface area contributed by atoms with Gasteiger partial charge in [-0.2, -0.15) is 5.26 Å². The zero-order valence-electron chi connectivity index (χ0n) is 6.78. The van der Waals surface area contributed by atoms with Crippen LogP contribution in [0.4, 0.5) is 0 Å². The van der Waals surface area contributed by atoms with Gasteiger partial charge in [-0.3, -0.25) is 4.79 Å². The van der Waals surface area contributed by atoms with Crippen LogP contribution in [0.2, 0.25) is 0 Å². The Balaban J connectivity index is 2.91. The third kappa shape index (κ3) is 2.46. The molecule has 5 heteroatoms. The van der Waals surface area contributed by atoms with E-state index in [4.69, 9.17) is 5.26 Å². The number of nitriles is 1. The van der Waals surface area contributed by atoms with Gasteiger partial charge in [0.2, 0.25) is 0 Å². The molecule has 0 aliphatic rings. The van der Waals surface area contributed by atoms with E-state index in [9.17, 15) is 4.79 Å². The van der Waals surface area contributed by atoms with Crippen LogP contribution in [0.1, 0.15) is 5.56 Å². The maximum Gasteiger partial charge on any atom is 0.269 e. The summed E-state index contributed by atoms with van der Waals surface area (Å²) in [7, 11) is 0. The molecule has 0 amide bonds. The summed E-state index contributed by atoms with van der Waals surface area (Å²) in [5, 5.41) is 8.96. The topological polar surface area (TPSA) is 69.5 Å².